The number of aliphatic carboxylic acids is 1. The number of halogens is 2. The molecule has 0 unspecified atom stereocenters. The van der Waals surface area contributed by atoms with Gasteiger partial charge in [0.2, 0.25) is 0 Å². The van der Waals surface area contributed by atoms with Crippen molar-refractivity contribution in [3.63, 3.8) is 0 Å². The molecule has 0 radical (unpaired) electrons. The molecule has 0 bridgehead atoms. The molecule has 0 aliphatic carbocycles. The summed E-state index contributed by atoms with van der Waals surface area (Å²) in [7, 11) is 1.28. The van der Waals surface area contributed by atoms with Gasteiger partial charge in [-0.05, 0) is 125 Å². The second kappa shape index (κ2) is 28.5. The number of nitrogens with zero attached hydrogens (tertiary/aromatic N) is 2. The summed E-state index contributed by atoms with van der Waals surface area (Å²) in [5.41, 5.74) is -1.27. The number of benzene rings is 2. The first-order chi connectivity index (χ1) is 33.8. The van der Waals surface area contributed by atoms with Crippen molar-refractivity contribution in [2.24, 2.45) is 0 Å². The van der Waals surface area contributed by atoms with Crippen LogP contribution in [0.5, 0.6) is 33.4 Å². The molecule has 73 heavy (non-hydrogen) atoms. The molecule has 17 nitrogen and oxygen atoms in total. The van der Waals surface area contributed by atoms with Crippen LogP contribution < -0.4 is 39.6 Å². The van der Waals surface area contributed by atoms with Gasteiger partial charge in [0.15, 0.2) is 11.6 Å². The van der Waals surface area contributed by atoms with Gasteiger partial charge in [0.05, 0.1) is 28.3 Å². The average Bonchev–Trinajstić information content (AvgIpc) is 3.84. The number of rotatable bonds is 20. The molecule has 0 amide bonds. The fourth-order valence-corrected chi connectivity index (χ4v) is 8.06. The van der Waals surface area contributed by atoms with Gasteiger partial charge < -0.3 is 43.8 Å². The second-order valence-corrected chi connectivity index (χ2v) is 17.2. The molecule has 0 saturated carbocycles. The number of methoxy groups -OCH3 is 1. The molecule has 4 N–H and O–H groups in total. The largest absolute Gasteiger partial charge is 1.00 e. The van der Waals surface area contributed by atoms with Crippen LogP contribution in [-0.4, -0.2) is 61.4 Å². The molecular formula is C51H47F2LiN2O15S2. The number of aromatic hydroxyl groups is 2. The number of carbonyl (C=O) groups is 4. The Morgan fingerprint density at radius 2 is 1.05 bits per heavy atom. The maximum absolute atomic E-state index is 13.1. The van der Waals surface area contributed by atoms with E-state index in [4.69, 9.17) is 23.4 Å². The molecule has 0 aliphatic rings. The van der Waals surface area contributed by atoms with Gasteiger partial charge in [-0.25, -0.2) is 37.9 Å². The van der Waals surface area contributed by atoms with E-state index in [9.17, 15) is 47.8 Å². The minimum absolute atomic E-state index is 0. The number of carbonyl (C=O) groups excluding carboxylic acids is 3. The van der Waals surface area contributed by atoms with Gasteiger partial charge in [0, 0.05) is 37.1 Å². The second-order valence-electron chi connectivity index (χ2n) is 15.3. The van der Waals surface area contributed by atoms with Crippen LogP contribution in [0.2, 0.25) is 0 Å². The first-order valence-electron chi connectivity index (χ1n) is 21.4. The summed E-state index contributed by atoms with van der Waals surface area (Å²) < 4.78 is 52.3. The van der Waals surface area contributed by atoms with E-state index in [0.717, 1.165) is 17.4 Å². The van der Waals surface area contributed by atoms with Gasteiger partial charge in [-0.15, -0.1) is 0 Å². The van der Waals surface area contributed by atoms with Gasteiger partial charge in [-0.3, -0.25) is 9.59 Å². The van der Waals surface area contributed by atoms with Crippen LogP contribution in [0.3, 0.4) is 0 Å². The quantitative estimate of drug-likeness (QED) is 0.0219. The molecule has 0 spiro atoms. The van der Waals surface area contributed by atoms with Gasteiger partial charge in [-0.2, -0.15) is 0 Å². The predicted octanol–water partition coefficient (Wildman–Crippen LogP) is 7.50. The number of Topliss-reactive ketones (excluding diaryl/α,β-unsaturated/α-hetero) is 2. The van der Waals surface area contributed by atoms with Gasteiger partial charge in [0.25, 0.3) is 10.4 Å². The minimum atomic E-state index is -1.05. The number of ketones is 2. The average molecular weight is 1040 g/mol. The minimum Gasteiger partial charge on any atom is -0.870 e. The van der Waals surface area contributed by atoms with Gasteiger partial charge in [0.1, 0.15) is 57.3 Å². The molecule has 22 heteroatoms. The summed E-state index contributed by atoms with van der Waals surface area (Å²) in [5, 5.41) is 29.9. The molecule has 0 aliphatic heterocycles. The number of unbranched alkanes of at least 4 members (excludes halogenated alkanes) is 2. The summed E-state index contributed by atoms with van der Waals surface area (Å²) in [5.74, 6) is -3.38. The van der Waals surface area contributed by atoms with E-state index < -0.39 is 57.4 Å². The normalized spacial score (nSPS) is 11.3. The molecule has 378 valence electrons. The number of aromatic nitrogens is 2. The van der Waals surface area contributed by atoms with Crippen LogP contribution in [-0.2, 0) is 27.2 Å². The zero-order valence-electron chi connectivity index (χ0n) is 40.2. The van der Waals surface area contributed by atoms with Crippen molar-refractivity contribution in [3.8, 4) is 33.4 Å². The molecule has 4 heterocycles. The summed E-state index contributed by atoms with van der Waals surface area (Å²) in [4.78, 5) is 82.0. The Bertz CT molecular complexity index is 3150. The van der Waals surface area contributed by atoms with Crippen molar-refractivity contribution in [2.75, 3.05) is 7.11 Å². The number of carboxylic acids is 1. The maximum Gasteiger partial charge on any atom is 1.00 e. The number of hydrogen-bond donors (Lipinski definition) is 3. The predicted molar refractivity (Wildman–Crippen MR) is 262 cm³/mol. The van der Waals surface area contributed by atoms with Gasteiger partial charge in [-0.1, -0.05) is 34.8 Å². The van der Waals surface area contributed by atoms with Crippen LogP contribution in [0.1, 0.15) is 92.9 Å². The van der Waals surface area contributed by atoms with Gasteiger partial charge >= 0.3 is 42.1 Å². The third-order valence-corrected chi connectivity index (χ3v) is 11.8. The van der Waals surface area contributed by atoms with Crippen molar-refractivity contribution in [2.45, 2.75) is 66.2 Å². The fraction of sp³-hybridized carbons (Fsp3) is 0.216. The van der Waals surface area contributed by atoms with Crippen molar-refractivity contribution in [1.82, 2.24) is 9.97 Å². The Balaban J connectivity index is 0.000000375. The summed E-state index contributed by atoms with van der Waals surface area (Å²) in [6.45, 7) is 6.48. The molecule has 6 aromatic rings. The Hall–Kier alpha value is -7.54. The Labute approximate surface area is 435 Å². The Kier molecular flexibility index (Phi) is 23.3. The molecule has 6 rings (SSSR count). The van der Waals surface area contributed by atoms with Crippen molar-refractivity contribution >= 4 is 58.3 Å². The SMILES string of the molecule is C/C(=C\c1sc(Oc2ccc(F)cc2)nc1C)C(=O)c1c(O)cc(CCC/C=C/C(=O)O)oc1=O.COC(=O)/C=C/CCCc1cc(O)c(C(=O)/C(C)=C/c2sc(Oc3ccc(F)cc3)nc2C)c(=O)o1.[Li+].[OH-]. The van der Waals surface area contributed by atoms with Crippen molar-refractivity contribution in [3.05, 3.63) is 172 Å². The standard InChI is InChI=1S/C26H24FNO7S.C25H22FNO7S.Li.H2O/c1-15(13-21-16(2)28-26(36-21)35-18-11-9-17(27)10-12-18)24(31)23-20(29)14-19(34-25(23)32)7-5-4-6-8-22(30)33-3;1-14(12-20-15(2)27-25(35-20)34-17-10-8-16(26)9-11-17)23(31)22-19(28)13-18(33-24(22)32)6-4-3-5-7-21(29)30;;/h6,8-14,29H,4-5,7H2,1-3H3;5,7-13,28H,3-4,6H2,1-2H3,(H,29,30);;1H2/q;;+1;/p-1/b8-6+,15-13+;7-5+,14-12+;;. The van der Waals surface area contributed by atoms with E-state index in [1.165, 1.54) is 111 Å². The van der Waals surface area contributed by atoms with Crippen LogP contribution in [0.4, 0.5) is 8.78 Å². The van der Waals surface area contributed by atoms with E-state index in [2.05, 4.69) is 14.7 Å². The summed E-state index contributed by atoms with van der Waals surface area (Å²) in [6, 6.07) is 13.4. The number of thiazole rings is 2. The molecule has 0 saturated heterocycles. The fourth-order valence-electron chi connectivity index (χ4n) is 6.19. The number of carboxylic acid groups (broad SMARTS) is 1. The molecule has 2 aromatic carbocycles. The zero-order chi connectivity index (χ0) is 51.8. The van der Waals surface area contributed by atoms with Crippen molar-refractivity contribution < 1.29 is 90.7 Å². The first kappa shape index (κ1) is 59.8. The van der Waals surface area contributed by atoms with E-state index in [0.29, 0.717) is 75.1 Å². The number of esters is 1. The molecule has 4 aromatic heterocycles. The van der Waals surface area contributed by atoms with Crippen LogP contribution in [0, 0.1) is 25.5 Å². The number of hydrogen-bond acceptors (Lipinski definition) is 18. The van der Waals surface area contributed by atoms with E-state index in [1.54, 1.807) is 26.0 Å². The Morgan fingerprint density at radius 1 is 0.671 bits per heavy atom. The van der Waals surface area contributed by atoms with Crippen LogP contribution >= 0.6 is 22.7 Å². The Morgan fingerprint density at radius 3 is 1.41 bits per heavy atom. The zero-order valence-corrected chi connectivity index (χ0v) is 41.9. The smallest absolute Gasteiger partial charge is 0.870 e. The molecular weight excluding hydrogens is 990 g/mol. The van der Waals surface area contributed by atoms with E-state index in [-0.39, 0.29) is 65.1 Å². The third-order valence-electron chi connectivity index (χ3n) is 9.80. The van der Waals surface area contributed by atoms with Crippen molar-refractivity contribution in [1.29, 1.82) is 0 Å². The first-order valence-corrected chi connectivity index (χ1v) is 23.1. The summed E-state index contributed by atoms with van der Waals surface area (Å²) >= 11 is 2.34. The van der Waals surface area contributed by atoms with E-state index in [1.807, 2.05) is 0 Å². The number of aryl methyl sites for hydroxylation is 4. The molecule has 0 atom stereocenters. The number of ether oxygens (including phenoxy) is 3. The summed E-state index contributed by atoms with van der Waals surface area (Å²) in [6.07, 6.45) is 11.1. The third kappa shape index (κ3) is 17.9. The van der Waals surface area contributed by atoms with Crippen LogP contribution in [0.25, 0.3) is 12.2 Å². The monoisotopic (exact) mass is 1040 g/mol. The van der Waals surface area contributed by atoms with E-state index >= 15 is 0 Å². The topological polar surface area (TPSA) is 273 Å². The maximum atomic E-state index is 13.1. The molecule has 0 fully saturated rings. The van der Waals surface area contributed by atoms with Crippen LogP contribution in [0.15, 0.2) is 115 Å². The number of allylic oxidation sites excluding steroid dienone is 4.